The van der Waals surface area contributed by atoms with Crippen LogP contribution in [0.1, 0.15) is 0 Å². The van der Waals surface area contributed by atoms with Crippen molar-refractivity contribution in [2.75, 3.05) is 33.4 Å². The number of ether oxygens (including phenoxy) is 1. The van der Waals surface area contributed by atoms with E-state index in [0.29, 0.717) is 13.2 Å². The quantitative estimate of drug-likeness (QED) is 0.416. The first-order valence-electron chi connectivity index (χ1n) is 4.99. The monoisotopic (exact) mass is 221 g/mol. The van der Waals surface area contributed by atoms with E-state index in [-0.39, 0.29) is 13.2 Å². The van der Waals surface area contributed by atoms with Crippen LogP contribution in [-0.2, 0) is 4.74 Å². The summed E-state index contributed by atoms with van der Waals surface area (Å²) in [6, 6.07) is -0.543. The van der Waals surface area contributed by atoms with E-state index in [4.69, 9.17) is 9.84 Å². The lowest BCUT2D eigenvalue weighted by Gasteiger charge is -2.42. The molecule has 4 N–H and O–H groups in total. The molecule has 0 amide bonds. The zero-order valence-electron chi connectivity index (χ0n) is 8.78. The first-order chi connectivity index (χ1) is 7.11. The minimum absolute atomic E-state index is 0.229. The van der Waals surface area contributed by atoms with Crippen LogP contribution in [0.2, 0.25) is 0 Å². The maximum Gasteiger partial charge on any atom is 0.109 e. The highest BCUT2D eigenvalue weighted by Gasteiger charge is 2.40. The standard InChI is InChI=1S/C9H19NO5/c1-15-3-2-10-4-7(12)9(14)8(13)6(10)5-11/h6-9,11-14H,2-5H2,1H3/t6-,7+,8-,9-/m1/s1. The van der Waals surface area contributed by atoms with Gasteiger partial charge in [0.1, 0.15) is 12.2 Å². The molecule has 1 rings (SSSR count). The van der Waals surface area contributed by atoms with Crippen molar-refractivity contribution in [3.63, 3.8) is 0 Å². The highest BCUT2D eigenvalue weighted by Crippen LogP contribution is 2.18. The predicted molar refractivity (Wildman–Crippen MR) is 52.3 cm³/mol. The number of likely N-dealkylation sites (tertiary alicyclic amines) is 1. The predicted octanol–water partition coefficient (Wildman–Crippen LogP) is -2.61. The van der Waals surface area contributed by atoms with Crippen LogP contribution < -0.4 is 0 Å². The molecule has 0 aromatic rings. The van der Waals surface area contributed by atoms with Gasteiger partial charge in [0.05, 0.1) is 25.4 Å². The normalized spacial score (nSPS) is 38.2. The van der Waals surface area contributed by atoms with Gasteiger partial charge in [0.25, 0.3) is 0 Å². The van der Waals surface area contributed by atoms with Crippen molar-refractivity contribution in [1.82, 2.24) is 4.90 Å². The van der Waals surface area contributed by atoms with Crippen molar-refractivity contribution >= 4 is 0 Å². The Bertz CT molecular complexity index is 191. The molecule has 1 heterocycles. The van der Waals surface area contributed by atoms with Crippen molar-refractivity contribution in [1.29, 1.82) is 0 Å². The molecule has 0 saturated carbocycles. The Morgan fingerprint density at radius 3 is 2.47 bits per heavy atom. The number of piperidine rings is 1. The van der Waals surface area contributed by atoms with Crippen LogP contribution in [0.4, 0.5) is 0 Å². The molecule has 6 heteroatoms. The second-order valence-electron chi connectivity index (χ2n) is 3.79. The van der Waals surface area contributed by atoms with Gasteiger partial charge < -0.3 is 25.2 Å². The topological polar surface area (TPSA) is 93.4 Å². The van der Waals surface area contributed by atoms with Gasteiger partial charge in [-0.05, 0) is 0 Å². The number of aliphatic hydroxyl groups is 4. The molecule has 1 aliphatic rings. The van der Waals surface area contributed by atoms with Crippen LogP contribution in [-0.4, -0.2) is 83.1 Å². The molecule has 0 spiro atoms. The Morgan fingerprint density at radius 1 is 1.27 bits per heavy atom. The summed E-state index contributed by atoms with van der Waals surface area (Å²) in [7, 11) is 1.56. The number of hydrogen-bond acceptors (Lipinski definition) is 6. The molecular weight excluding hydrogens is 202 g/mol. The van der Waals surface area contributed by atoms with Gasteiger partial charge in [0.15, 0.2) is 0 Å². The van der Waals surface area contributed by atoms with Crippen molar-refractivity contribution < 1.29 is 25.2 Å². The third-order valence-electron chi connectivity index (χ3n) is 2.80. The molecule has 0 aromatic carbocycles. The second-order valence-corrected chi connectivity index (χ2v) is 3.79. The first-order valence-corrected chi connectivity index (χ1v) is 4.99. The first kappa shape index (κ1) is 12.8. The third-order valence-corrected chi connectivity index (χ3v) is 2.80. The molecular formula is C9H19NO5. The van der Waals surface area contributed by atoms with E-state index in [2.05, 4.69) is 0 Å². The molecule has 0 bridgehead atoms. The summed E-state index contributed by atoms with van der Waals surface area (Å²) in [6.45, 7) is 0.927. The number of methoxy groups -OCH3 is 1. The van der Waals surface area contributed by atoms with Crippen LogP contribution in [0.25, 0.3) is 0 Å². The summed E-state index contributed by atoms with van der Waals surface area (Å²) < 4.78 is 4.89. The number of rotatable bonds is 4. The van der Waals surface area contributed by atoms with Crippen LogP contribution in [0.5, 0.6) is 0 Å². The fraction of sp³-hybridized carbons (Fsp3) is 1.00. The van der Waals surface area contributed by atoms with E-state index >= 15 is 0 Å². The smallest absolute Gasteiger partial charge is 0.109 e. The Hall–Kier alpha value is -0.240. The van der Waals surface area contributed by atoms with Gasteiger partial charge in [-0.15, -0.1) is 0 Å². The summed E-state index contributed by atoms with van der Waals surface area (Å²) >= 11 is 0. The Labute approximate surface area is 88.7 Å². The van der Waals surface area contributed by atoms with E-state index in [1.54, 1.807) is 12.0 Å². The van der Waals surface area contributed by atoms with Gasteiger partial charge in [0.2, 0.25) is 0 Å². The highest BCUT2D eigenvalue weighted by molar-refractivity contribution is 4.93. The van der Waals surface area contributed by atoms with Crippen molar-refractivity contribution in [3.8, 4) is 0 Å². The van der Waals surface area contributed by atoms with E-state index in [0.717, 1.165) is 0 Å². The Kier molecular flexibility index (Phi) is 4.91. The summed E-state index contributed by atoms with van der Waals surface area (Å²) in [5.74, 6) is 0. The second kappa shape index (κ2) is 5.74. The average molecular weight is 221 g/mol. The minimum atomic E-state index is -1.19. The molecule has 0 unspecified atom stereocenters. The van der Waals surface area contributed by atoms with Crippen molar-refractivity contribution in [2.24, 2.45) is 0 Å². The maximum absolute atomic E-state index is 9.63. The van der Waals surface area contributed by atoms with Crippen molar-refractivity contribution in [3.05, 3.63) is 0 Å². The average Bonchev–Trinajstić information content (AvgIpc) is 2.23. The number of hydrogen-bond donors (Lipinski definition) is 4. The molecule has 0 aromatic heterocycles. The minimum Gasteiger partial charge on any atom is -0.395 e. The molecule has 1 aliphatic heterocycles. The van der Waals surface area contributed by atoms with Gasteiger partial charge in [-0.3, -0.25) is 4.90 Å². The summed E-state index contributed by atoms with van der Waals surface area (Å²) in [4.78, 5) is 1.71. The lowest BCUT2D eigenvalue weighted by Crippen LogP contribution is -2.62. The highest BCUT2D eigenvalue weighted by atomic mass is 16.5. The molecule has 1 fully saturated rings. The van der Waals surface area contributed by atoms with E-state index in [1.807, 2.05) is 0 Å². The molecule has 90 valence electrons. The third kappa shape index (κ3) is 2.87. The number of aliphatic hydroxyl groups excluding tert-OH is 4. The molecule has 15 heavy (non-hydrogen) atoms. The van der Waals surface area contributed by atoms with Crippen molar-refractivity contribution in [2.45, 2.75) is 24.4 Å². The molecule has 0 aliphatic carbocycles. The van der Waals surface area contributed by atoms with E-state index in [9.17, 15) is 15.3 Å². The lowest BCUT2D eigenvalue weighted by atomic mass is 9.94. The van der Waals surface area contributed by atoms with Gasteiger partial charge >= 0.3 is 0 Å². The Balaban J connectivity index is 2.60. The van der Waals surface area contributed by atoms with Gasteiger partial charge in [0, 0.05) is 20.2 Å². The molecule has 4 atom stereocenters. The maximum atomic E-state index is 9.63. The number of nitrogens with zero attached hydrogens (tertiary/aromatic N) is 1. The zero-order chi connectivity index (χ0) is 11.4. The van der Waals surface area contributed by atoms with E-state index in [1.165, 1.54) is 0 Å². The van der Waals surface area contributed by atoms with Gasteiger partial charge in [-0.1, -0.05) is 0 Å². The van der Waals surface area contributed by atoms with Crippen LogP contribution in [0.3, 0.4) is 0 Å². The van der Waals surface area contributed by atoms with Gasteiger partial charge in [-0.25, -0.2) is 0 Å². The molecule has 6 nitrogen and oxygen atoms in total. The SMILES string of the molecule is COCCN1C[C@H](O)[C@@H](O)[C@H](O)[C@H]1CO. The fourth-order valence-corrected chi connectivity index (χ4v) is 1.84. The van der Waals surface area contributed by atoms with Crippen LogP contribution in [0.15, 0.2) is 0 Å². The molecule has 0 radical (unpaired) electrons. The zero-order valence-corrected chi connectivity index (χ0v) is 8.78. The largest absolute Gasteiger partial charge is 0.395 e. The summed E-state index contributed by atoms with van der Waals surface area (Å²) in [5, 5.41) is 37.6. The Morgan fingerprint density at radius 2 is 1.93 bits per heavy atom. The van der Waals surface area contributed by atoms with Gasteiger partial charge in [-0.2, -0.15) is 0 Å². The fourth-order valence-electron chi connectivity index (χ4n) is 1.84. The lowest BCUT2D eigenvalue weighted by molar-refractivity contribution is -0.147. The van der Waals surface area contributed by atoms with Crippen LogP contribution in [0, 0.1) is 0 Å². The molecule has 1 saturated heterocycles. The number of β-amino-alcohol motifs (C(OH)–C–C–N with tert-alkyl or cyclic N) is 1. The summed E-state index contributed by atoms with van der Waals surface area (Å²) in [5.41, 5.74) is 0. The summed E-state index contributed by atoms with van der Waals surface area (Å²) in [6.07, 6.45) is -3.31. The van der Waals surface area contributed by atoms with E-state index < -0.39 is 24.4 Å². The van der Waals surface area contributed by atoms with Crippen LogP contribution >= 0.6 is 0 Å².